The summed E-state index contributed by atoms with van der Waals surface area (Å²) in [7, 11) is 0. The van der Waals surface area contributed by atoms with E-state index in [1.807, 2.05) is 24.3 Å². The highest BCUT2D eigenvalue weighted by atomic mass is 16.5. The van der Waals surface area contributed by atoms with Crippen molar-refractivity contribution in [3.63, 3.8) is 0 Å². The molecule has 1 unspecified atom stereocenters. The lowest BCUT2D eigenvalue weighted by Crippen LogP contribution is -2.25. The molecule has 3 heteroatoms. The van der Waals surface area contributed by atoms with Gasteiger partial charge in [-0.1, -0.05) is 32.0 Å². The van der Waals surface area contributed by atoms with Crippen LogP contribution in [0, 0.1) is 5.92 Å². The fourth-order valence-corrected chi connectivity index (χ4v) is 1.23. The molecule has 1 aromatic carbocycles. The van der Waals surface area contributed by atoms with Gasteiger partial charge in [-0.2, -0.15) is 0 Å². The van der Waals surface area contributed by atoms with Gasteiger partial charge in [-0.3, -0.25) is 4.79 Å². The van der Waals surface area contributed by atoms with E-state index in [1.165, 1.54) is 0 Å². The second-order valence-electron chi connectivity index (χ2n) is 3.58. The molecule has 0 radical (unpaired) electrons. The van der Waals surface area contributed by atoms with E-state index >= 15 is 0 Å². The fraction of sp³-hybridized carbons (Fsp3) is 0.417. The number of nitrogens with two attached hydrogens (primary N) is 1. The third-order valence-corrected chi connectivity index (χ3v) is 2.33. The van der Waals surface area contributed by atoms with Crippen molar-refractivity contribution >= 4 is 5.91 Å². The minimum Gasteiger partial charge on any atom is -0.492 e. The number of primary amides is 1. The average Bonchev–Trinajstić information content (AvgIpc) is 2.26. The Hall–Kier alpha value is -1.51. The summed E-state index contributed by atoms with van der Waals surface area (Å²) in [5.74, 6) is 0.256. The molecular formula is C12H17NO2. The van der Waals surface area contributed by atoms with Crippen molar-refractivity contribution in [3.05, 3.63) is 29.8 Å². The van der Waals surface area contributed by atoms with Gasteiger partial charge in [0.1, 0.15) is 5.75 Å². The van der Waals surface area contributed by atoms with Crippen molar-refractivity contribution in [3.8, 4) is 5.75 Å². The predicted molar refractivity (Wildman–Crippen MR) is 59.7 cm³/mol. The predicted octanol–water partition coefficient (Wildman–Crippen LogP) is 1.75. The first-order valence-electron chi connectivity index (χ1n) is 5.15. The third kappa shape index (κ3) is 3.27. The molecular weight excluding hydrogens is 190 g/mol. The molecule has 1 amide bonds. The molecule has 1 atom stereocenters. The first-order valence-corrected chi connectivity index (χ1v) is 5.15. The molecule has 82 valence electrons. The first-order chi connectivity index (χ1) is 7.15. The number of carbonyl (C=O) groups excluding carboxylic acids is 1. The van der Waals surface area contributed by atoms with Gasteiger partial charge in [0.25, 0.3) is 0 Å². The van der Waals surface area contributed by atoms with Crippen LogP contribution in [0.5, 0.6) is 5.75 Å². The van der Waals surface area contributed by atoms with Gasteiger partial charge in [0.2, 0.25) is 5.91 Å². The molecule has 0 fully saturated rings. The van der Waals surface area contributed by atoms with Crippen LogP contribution < -0.4 is 10.5 Å². The molecule has 0 aliphatic heterocycles. The highest BCUT2D eigenvalue weighted by Gasteiger charge is 2.10. The molecule has 2 N–H and O–H groups in total. The summed E-state index contributed by atoms with van der Waals surface area (Å²) in [6.07, 6.45) is 0.918. The Kier molecular flexibility index (Phi) is 4.16. The van der Waals surface area contributed by atoms with Crippen LogP contribution in [0.15, 0.2) is 24.3 Å². The monoisotopic (exact) mass is 207 g/mol. The maximum atomic E-state index is 10.8. The van der Waals surface area contributed by atoms with Gasteiger partial charge in [-0.05, 0) is 18.1 Å². The fourth-order valence-electron chi connectivity index (χ4n) is 1.23. The van der Waals surface area contributed by atoms with Crippen molar-refractivity contribution in [1.82, 2.24) is 0 Å². The molecule has 1 aromatic rings. The average molecular weight is 207 g/mol. The summed E-state index contributed by atoms with van der Waals surface area (Å²) in [6.45, 7) is 4.17. The highest BCUT2D eigenvalue weighted by Crippen LogP contribution is 2.18. The van der Waals surface area contributed by atoms with Gasteiger partial charge < -0.3 is 10.5 Å². The van der Waals surface area contributed by atoms with E-state index in [0.29, 0.717) is 6.61 Å². The quantitative estimate of drug-likeness (QED) is 0.799. The van der Waals surface area contributed by atoms with Crippen molar-refractivity contribution in [2.45, 2.75) is 20.3 Å². The standard InChI is InChI=1S/C12H17NO2/c1-3-10-6-4-5-7-11(10)15-8-9(2)12(13)14/h4-7,9H,3,8H2,1-2H3,(H2,13,14). The summed E-state index contributed by atoms with van der Waals surface area (Å²) in [5, 5.41) is 0. The second kappa shape index (κ2) is 5.39. The number of para-hydroxylation sites is 1. The highest BCUT2D eigenvalue weighted by molar-refractivity contribution is 5.76. The summed E-state index contributed by atoms with van der Waals surface area (Å²) in [4.78, 5) is 10.8. The lowest BCUT2D eigenvalue weighted by atomic mass is 10.1. The number of amides is 1. The summed E-state index contributed by atoms with van der Waals surface area (Å²) >= 11 is 0. The number of ether oxygens (including phenoxy) is 1. The molecule has 0 saturated carbocycles. The van der Waals surface area contributed by atoms with E-state index in [1.54, 1.807) is 6.92 Å². The Morgan fingerprint density at radius 1 is 1.47 bits per heavy atom. The molecule has 3 nitrogen and oxygen atoms in total. The summed E-state index contributed by atoms with van der Waals surface area (Å²) < 4.78 is 5.55. The molecule has 0 bridgehead atoms. The Balaban J connectivity index is 2.60. The lowest BCUT2D eigenvalue weighted by Gasteiger charge is -2.12. The van der Waals surface area contributed by atoms with Crippen LogP contribution in [0.1, 0.15) is 19.4 Å². The van der Waals surface area contributed by atoms with Crippen LogP contribution in [-0.2, 0) is 11.2 Å². The first kappa shape index (κ1) is 11.6. The minimum absolute atomic E-state index is 0.255. The molecule has 0 spiro atoms. The number of aryl methyl sites for hydroxylation is 1. The number of benzene rings is 1. The lowest BCUT2D eigenvalue weighted by molar-refractivity contribution is -0.122. The molecule has 0 aliphatic carbocycles. The maximum absolute atomic E-state index is 10.8. The Morgan fingerprint density at radius 2 is 2.13 bits per heavy atom. The number of hydrogen-bond acceptors (Lipinski definition) is 2. The van der Waals surface area contributed by atoms with E-state index in [4.69, 9.17) is 10.5 Å². The van der Waals surface area contributed by atoms with Gasteiger partial charge in [-0.15, -0.1) is 0 Å². The van der Waals surface area contributed by atoms with E-state index in [9.17, 15) is 4.79 Å². The Bertz CT molecular complexity index is 336. The van der Waals surface area contributed by atoms with Crippen molar-refractivity contribution < 1.29 is 9.53 Å². The number of hydrogen-bond donors (Lipinski definition) is 1. The smallest absolute Gasteiger partial charge is 0.223 e. The van der Waals surface area contributed by atoms with Crippen LogP contribution in [0.3, 0.4) is 0 Å². The van der Waals surface area contributed by atoms with Gasteiger partial charge in [0.05, 0.1) is 12.5 Å². The van der Waals surface area contributed by atoms with Crippen molar-refractivity contribution in [1.29, 1.82) is 0 Å². The molecule has 0 heterocycles. The molecule has 0 aliphatic rings. The van der Waals surface area contributed by atoms with Gasteiger partial charge in [0, 0.05) is 0 Å². The Labute approximate surface area is 90.2 Å². The molecule has 0 saturated heterocycles. The van der Waals surface area contributed by atoms with Crippen LogP contribution in [-0.4, -0.2) is 12.5 Å². The van der Waals surface area contributed by atoms with Gasteiger partial charge in [0.15, 0.2) is 0 Å². The maximum Gasteiger partial charge on any atom is 0.223 e. The van der Waals surface area contributed by atoms with E-state index in [-0.39, 0.29) is 11.8 Å². The largest absolute Gasteiger partial charge is 0.492 e. The van der Waals surface area contributed by atoms with E-state index < -0.39 is 0 Å². The zero-order valence-electron chi connectivity index (χ0n) is 9.19. The minimum atomic E-state index is -0.330. The zero-order chi connectivity index (χ0) is 11.3. The van der Waals surface area contributed by atoms with E-state index in [0.717, 1.165) is 17.7 Å². The van der Waals surface area contributed by atoms with Gasteiger partial charge in [-0.25, -0.2) is 0 Å². The van der Waals surface area contributed by atoms with Crippen molar-refractivity contribution in [2.75, 3.05) is 6.61 Å². The topological polar surface area (TPSA) is 52.3 Å². The summed E-state index contributed by atoms with van der Waals surface area (Å²) in [6, 6.07) is 7.82. The van der Waals surface area contributed by atoms with E-state index in [2.05, 4.69) is 6.92 Å². The van der Waals surface area contributed by atoms with Gasteiger partial charge >= 0.3 is 0 Å². The van der Waals surface area contributed by atoms with Crippen molar-refractivity contribution in [2.24, 2.45) is 11.7 Å². The number of rotatable bonds is 5. The van der Waals surface area contributed by atoms with Crippen LogP contribution >= 0.6 is 0 Å². The zero-order valence-corrected chi connectivity index (χ0v) is 9.19. The molecule has 0 aromatic heterocycles. The number of carbonyl (C=O) groups is 1. The van der Waals surface area contributed by atoms with Crippen LogP contribution in [0.2, 0.25) is 0 Å². The van der Waals surface area contributed by atoms with Crippen LogP contribution in [0.4, 0.5) is 0 Å². The second-order valence-corrected chi connectivity index (χ2v) is 3.58. The van der Waals surface area contributed by atoms with Crippen LogP contribution in [0.25, 0.3) is 0 Å². The third-order valence-electron chi connectivity index (χ3n) is 2.33. The molecule has 1 rings (SSSR count). The summed E-state index contributed by atoms with van der Waals surface area (Å²) in [5.41, 5.74) is 6.30. The SMILES string of the molecule is CCc1ccccc1OCC(C)C(N)=O. The Morgan fingerprint density at radius 3 is 2.73 bits per heavy atom. The molecule has 15 heavy (non-hydrogen) atoms. The normalized spacial score (nSPS) is 12.1.